The van der Waals surface area contributed by atoms with Crippen LogP contribution in [0.5, 0.6) is 17.2 Å². The summed E-state index contributed by atoms with van der Waals surface area (Å²) < 4.78 is 11.7. The zero-order chi connectivity index (χ0) is 26.3. The predicted octanol–water partition coefficient (Wildman–Crippen LogP) is 8.42. The van der Waals surface area contributed by atoms with Crippen molar-refractivity contribution in [1.82, 2.24) is 10.3 Å². The molecule has 0 spiro atoms. The van der Waals surface area contributed by atoms with Gasteiger partial charge in [0.05, 0.1) is 0 Å². The number of carbonyl (C=O) groups excluding carboxylic acids is 1. The highest BCUT2D eigenvalue weighted by Gasteiger charge is 2.12. The molecule has 0 radical (unpaired) electrons. The van der Waals surface area contributed by atoms with E-state index in [0.29, 0.717) is 40.4 Å². The van der Waals surface area contributed by atoms with E-state index in [-0.39, 0.29) is 5.91 Å². The minimum absolute atomic E-state index is 0.235. The van der Waals surface area contributed by atoms with Crippen LogP contribution in [-0.2, 0) is 13.2 Å². The normalized spacial score (nSPS) is 10.7. The van der Waals surface area contributed by atoms with Gasteiger partial charge < -0.3 is 14.8 Å². The van der Waals surface area contributed by atoms with Crippen molar-refractivity contribution in [1.29, 1.82) is 0 Å². The fourth-order valence-electron chi connectivity index (χ4n) is 3.62. The summed E-state index contributed by atoms with van der Waals surface area (Å²) in [6, 6.07) is 30.1. The molecule has 1 N–H and O–H groups in total. The highest BCUT2D eigenvalue weighted by Crippen LogP contribution is 2.27. The predicted molar refractivity (Wildman–Crippen MR) is 152 cm³/mol. The first-order chi connectivity index (χ1) is 18.5. The molecule has 0 fully saturated rings. The maximum Gasteiger partial charge on any atom is 0.271 e. The number of hydrogen-bond acceptors (Lipinski definition) is 5. The molecule has 0 unspecified atom stereocenters. The summed E-state index contributed by atoms with van der Waals surface area (Å²) in [5.74, 6) is 1.94. The Bertz CT molecular complexity index is 1540. The molecule has 1 heterocycles. The molecular weight excluding hydrogens is 539 g/mol. The number of halogens is 2. The van der Waals surface area contributed by atoms with Crippen molar-refractivity contribution in [2.24, 2.45) is 0 Å². The largest absolute Gasteiger partial charge is 0.489 e. The second-order valence-corrected chi connectivity index (χ2v) is 10.0. The Morgan fingerprint density at radius 3 is 2.42 bits per heavy atom. The average molecular weight is 561 g/mol. The first kappa shape index (κ1) is 25.8. The van der Waals surface area contributed by atoms with Gasteiger partial charge in [-0.15, -0.1) is 11.3 Å². The molecule has 5 aromatic rings. The van der Waals surface area contributed by atoms with Gasteiger partial charge in [-0.2, -0.15) is 0 Å². The van der Waals surface area contributed by atoms with Gasteiger partial charge in [-0.05, 0) is 66.2 Å². The van der Waals surface area contributed by atoms with Crippen LogP contribution in [0.4, 0.5) is 0 Å². The molecule has 38 heavy (non-hydrogen) atoms. The van der Waals surface area contributed by atoms with Crippen LogP contribution in [0.2, 0.25) is 10.0 Å². The maximum absolute atomic E-state index is 12.7. The zero-order valence-electron chi connectivity index (χ0n) is 20.1. The number of para-hydroxylation sites is 1. The summed E-state index contributed by atoms with van der Waals surface area (Å²) in [6.45, 7) is 0.694. The summed E-state index contributed by atoms with van der Waals surface area (Å²) in [5.41, 5.74) is 3.06. The number of nitrogens with zero attached hydrogens (tertiary/aromatic N) is 1. The minimum atomic E-state index is -0.235. The van der Waals surface area contributed by atoms with E-state index in [2.05, 4.69) is 10.3 Å². The van der Waals surface area contributed by atoms with Crippen LogP contribution in [0.15, 0.2) is 102 Å². The third-order valence-electron chi connectivity index (χ3n) is 5.58. The van der Waals surface area contributed by atoms with Crippen LogP contribution in [0.25, 0.3) is 10.6 Å². The lowest BCUT2D eigenvalue weighted by Crippen LogP contribution is -2.23. The summed E-state index contributed by atoms with van der Waals surface area (Å²) in [5, 5.41) is 6.59. The van der Waals surface area contributed by atoms with Gasteiger partial charge in [0, 0.05) is 33.1 Å². The highest BCUT2D eigenvalue weighted by atomic mass is 35.5. The van der Waals surface area contributed by atoms with Crippen molar-refractivity contribution >= 4 is 40.4 Å². The van der Waals surface area contributed by atoms with Gasteiger partial charge in [-0.25, -0.2) is 4.98 Å². The van der Waals surface area contributed by atoms with Crippen LogP contribution in [-0.4, -0.2) is 10.9 Å². The second-order valence-electron chi connectivity index (χ2n) is 8.33. The lowest BCUT2D eigenvalue weighted by atomic mass is 10.2. The zero-order valence-corrected chi connectivity index (χ0v) is 22.4. The molecule has 0 aliphatic rings. The van der Waals surface area contributed by atoms with Crippen LogP contribution < -0.4 is 14.8 Å². The molecule has 1 amide bonds. The number of nitrogens with one attached hydrogen (secondary N) is 1. The smallest absolute Gasteiger partial charge is 0.271 e. The Morgan fingerprint density at radius 1 is 0.842 bits per heavy atom. The summed E-state index contributed by atoms with van der Waals surface area (Å²) >= 11 is 13.6. The summed E-state index contributed by atoms with van der Waals surface area (Å²) in [7, 11) is 0. The van der Waals surface area contributed by atoms with Crippen LogP contribution >= 0.6 is 34.5 Å². The Balaban J connectivity index is 1.16. The van der Waals surface area contributed by atoms with Crippen LogP contribution in [0, 0.1) is 0 Å². The first-order valence-corrected chi connectivity index (χ1v) is 13.4. The molecule has 1 aromatic heterocycles. The molecule has 0 aliphatic carbocycles. The number of benzene rings is 4. The minimum Gasteiger partial charge on any atom is -0.489 e. The second kappa shape index (κ2) is 12.1. The van der Waals surface area contributed by atoms with E-state index in [9.17, 15) is 4.79 Å². The summed E-state index contributed by atoms with van der Waals surface area (Å²) in [6.07, 6.45) is 0. The van der Waals surface area contributed by atoms with Gasteiger partial charge in [0.2, 0.25) is 0 Å². The maximum atomic E-state index is 12.7. The van der Waals surface area contributed by atoms with E-state index in [4.69, 9.17) is 32.7 Å². The average Bonchev–Trinajstić information content (AvgIpc) is 3.43. The van der Waals surface area contributed by atoms with Gasteiger partial charge in [-0.3, -0.25) is 4.79 Å². The SMILES string of the molecule is O=C(NCc1cccc(Oc2ccccc2)c1)c1csc(-c2ccc(OCc3ccc(Cl)cc3Cl)cc2)n1. The van der Waals surface area contributed by atoms with Crippen molar-refractivity contribution in [2.45, 2.75) is 13.2 Å². The fraction of sp³-hybridized carbons (Fsp3) is 0.0667. The van der Waals surface area contributed by atoms with Gasteiger partial charge in [0.25, 0.3) is 5.91 Å². The van der Waals surface area contributed by atoms with Crippen LogP contribution in [0.3, 0.4) is 0 Å². The molecule has 0 aliphatic heterocycles. The molecule has 0 atom stereocenters. The lowest BCUT2D eigenvalue weighted by molar-refractivity contribution is 0.0946. The Kier molecular flexibility index (Phi) is 8.24. The first-order valence-electron chi connectivity index (χ1n) is 11.8. The Hall–Kier alpha value is -3.84. The van der Waals surface area contributed by atoms with Crippen molar-refractivity contribution in [3.63, 3.8) is 0 Å². The third kappa shape index (κ3) is 6.72. The molecule has 5 rings (SSSR count). The number of rotatable bonds is 9. The number of thiazole rings is 1. The van der Waals surface area contributed by atoms with E-state index in [1.54, 1.807) is 17.5 Å². The van der Waals surface area contributed by atoms with E-state index < -0.39 is 0 Å². The standard InChI is InChI=1S/C30H22Cl2N2O3S/c31-23-12-9-22(27(32)16-23)18-36-24-13-10-21(11-14-24)30-34-28(19-38-30)29(35)33-17-20-5-4-8-26(15-20)37-25-6-2-1-3-7-25/h1-16,19H,17-18H2,(H,33,35). The Morgan fingerprint density at radius 2 is 1.63 bits per heavy atom. The van der Waals surface area contributed by atoms with Crippen molar-refractivity contribution < 1.29 is 14.3 Å². The van der Waals surface area contributed by atoms with E-state index in [1.165, 1.54) is 11.3 Å². The van der Waals surface area contributed by atoms with Crippen molar-refractivity contribution in [3.05, 3.63) is 129 Å². The lowest BCUT2D eigenvalue weighted by Gasteiger charge is -2.08. The molecule has 0 saturated carbocycles. The van der Waals surface area contributed by atoms with Gasteiger partial charge in [0.15, 0.2) is 0 Å². The molecule has 0 bridgehead atoms. The number of ether oxygens (including phenoxy) is 2. The quantitative estimate of drug-likeness (QED) is 0.196. The van der Waals surface area contributed by atoms with Gasteiger partial charge in [-0.1, -0.05) is 59.6 Å². The van der Waals surface area contributed by atoms with Gasteiger partial charge >= 0.3 is 0 Å². The van der Waals surface area contributed by atoms with Crippen molar-refractivity contribution in [3.8, 4) is 27.8 Å². The van der Waals surface area contributed by atoms with E-state index >= 15 is 0 Å². The number of aromatic nitrogens is 1. The molecule has 8 heteroatoms. The monoisotopic (exact) mass is 560 g/mol. The van der Waals surface area contributed by atoms with Gasteiger partial charge in [0.1, 0.15) is 34.6 Å². The topological polar surface area (TPSA) is 60.5 Å². The molecule has 4 aromatic carbocycles. The Labute approximate surface area is 234 Å². The van der Waals surface area contributed by atoms with Crippen LogP contribution in [0.1, 0.15) is 21.6 Å². The molecular formula is C30H22Cl2N2O3S. The highest BCUT2D eigenvalue weighted by molar-refractivity contribution is 7.13. The summed E-state index contributed by atoms with van der Waals surface area (Å²) in [4.78, 5) is 17.2. The molecule has 5 nitrogen and oxygen atoms in total. The third-order valence-corrected chi connectivity index (χ3v) is 7.06. The number of carbonyl (C=O) groups is 1. The van der Waals surface area contributed by atoms with Crippen molar-refractivity contribution in [2.75, 3.05) is 0 Å². The number of amides is 1. The molecule has 190 valence electrons. The molecule has 0 saturated heterocycles. The fourth-order valence-corrected chi connectivity index (χ4v) is 4.89. The van der Waals surface area contributed by atoms with E-state index in [0.717, 1.165) is 27.4 Å². The van der Waals surface area contributed by atoms with E-state index in [1.807, 2.05) is 84.9 Å². The number of hydrogen-bond donors (Lipinski definition) is 1.